The first-order valence-corrected chi connectivity index (χ1v) is 7.55. The first-order chi connectivity index (χ1) is 9.10. The van der Waals surface area contributed by atoms with Gasteiger partial charge in [0, 0.05) is 31.9 Å². The molecule has 0 bridgehead atoms. The molecule has 0 radical (unpaired) electrons. The van der Waals surface area contributed by atoms with Crippen LogP contribution in [0.5, 0.6) is 0 Å². The lowest BCUT2D eigenvalue weighted by atomic mass is 10.1. The maximum absolute atomic E-state index is 4.55. The molecule has 1 N–H and O–H groups in total. The van der Waals surface area contributed by atoms with Crippen molar-refractivity contribution in [2.24, 2.45) is 13.0 Å². The molecule has 0 aromatic carbocycles. The van der Waals surface area contributed by atoms with Crippen molar-refractivity contribution in [2.45, 2.75) is 39.7 Å². The summed E-state index contributed by atoms with van der Waals surface area (Å²) in [5.41, 5.74) is 2.58. The lowest BCUT2D eigenvalue weighted by molar-refractivity contribution is 0.339. The summed E-state index contributed by atoms with van der Waals surface area (Å²) in [4.78, 5) is 2.54. The Morgan fingerprint density at radius 2 is 2.26 bits per heavy atom. The van der Waals surface area contributed by atoms with Crippen LogP contribution in [-0.2, 0) is 13.6 Å². The van der Waals surface area contributed by atoms with Crippen LogP contribution in [0.1, 0.15) is 44.4 Å². The summed E-state index contributed by atoms with van der Waals surface area (Å²) in [5, 5.41) is 8.17. The fraction of sp³-hybridized carbons (Fsp3) is 0.800. The number of rotatable bonds is 6. The van der Waals surface area contributed by atoms with Crippen LogP contribution in [0.3, 0.4) is 0 Å². The molecule has 1 unspecified atom stereocenters. The Balaban J connectivity index is 1.80. The topological polar surface area (TPSA) is 33.1 Å². The van der Waals surface area contributed by atoms with E-state index in [4.69, 9.17) is 0 Å². The molecule has 4 nitrogen and oxygen atoms in total. The second-order valence-electron chi connectivity index (χ2n) is 6.05. The first-order valence-electron chi connectivity index (χ1n) is 7.55. The number of hydrogen-bond acceptors (Lipinski definition) is 3. The van der Waals surface area contributed by atoms with Gasteiger partial charge in [-0.15, -0.1) is 0 Å². The summed E-state index contributed by atoms with van der Waals surface area (Å²) in [6, 6.07) is 0. The third-order valence-corrected chi connectivity index (χ3v) is 4.05. The van der Waals surface area contributed by atoms with Crippen molar-refractivity contribution in [3.05, 3.63) is 17.5 Å². The SMILES string of the molecule is CCN1CCC(CNCc2cn(C)nc2C(C)C)C1. The number of nitrogens with zero attached hydrogens (tertiary/aromatic N) is 3. The molecule has 1 fully saturated rings. The van der Waals surface area contributed by atoms with Crippen molar-refractivity contribution in [3.63, 3.8) is 0 Å². The highest BCUT2D eigenvalue weighted by molar-refractivity contribution is 5.19. The van der Waals surface area contributed by atoms with E-state index in [0.29, 0.717) is 5.92 Å². The average molecular weight is 264 g/mol. The predicted octanol–water partition coefficient (Wildman–Crippen LogP) is 1.97. The van der Waals surface area contributed by atoms with E-state index >= 15 is 0 Å². The Morgan fingerprint density at radius 1 is 1.47 bits per heavy atom. The lowest BCUT2D eigenvalue weighted by Crippen LogP contribution is -2.26. The van der Waals surface area contributed by atoms with Crippen LogP contribution >= 0.6 is 0 Å². The smallest absolute Gasteiger partial charge is 0.0694 e. The van der Waals surface area contributed by atoms with Gasteiger partial charge in [-0.3, -0.25) is 4.68 Å². The van der Waals surface area contributed by atoms with Crippen molar-refractivity contribution in [1.82, 2.24) is 20.0 Å². The van der Waals surface area contributed by atoms with Crippen LogP contribution < -0.4 is 5.32 Å². The van der Waals surface area contributed by atoms with Crippen LogP contribution in [0.4, 0.5) is 0 Å². The minimum atomic E-state index is 0.500. The molecule has 2 rings (SSSR count). The molecule has 19 heavy (non-hydrogen) atoms. The second kappa shape index (κ2) is 6.53. The fourth-order valence-corrected chi connectivity index (χ4v) is 2.95. The summed E-state index contributed by atoms with van der Waals surface area (Å²) in [7, 11) is 2.01. The van der Waals surface area contributed by atoms with E-state index < -0.39 is 0 Å². The normalized spacial score (nSPS) is 20.6. The Labute approximate surface area is 117 Å². The molecule has 1 aliphatic rings. The fourth-order valence-electron chi connectivity index (χ4n) is 2.95. The zero-order valence-corrected chi connectivity index (χ0v) is 12.8. The van der Waals surface area contributed by atoms with E-state index in [1.807, 2.05) is 11.7 Å². The molecule has 0 spiro atoms. The largest absolute Gasteiger partial charge is 0.312 e. The summed E-state index contributed by atoms with van der Waals surface area (Å²) >= 11 is 0. The van der Waals surface area contributed by atoms with E-state index in [0.717, 1.165) is 19.0 Å². The van der Waals surface area contributed by atoms with Crippen molar-refractivity contribution < 1.29 is 0 Å². The minimum absolute atomic E-state index is 0.500. The molecule has 1 saturated heterocycles. The Bertz CT molecular complexity index is 397. The lowest BCUT2D eigenvalue weighted by Gasteiger charge is -2.14. The molecule has 1 aliphatic heterocycles. The number of aryl methyl sites for hydroxylation is 1. The molecule has 1 aromatic heterocycles. The van der Waals surface area contributed by atoms with Gasteiger partial charge in [0.25, 0.3) is 0 Å². The Kier molecular flexibility index (Phi) is 4.99. The molecule has 0 aliphatic carbocycles. The molecule has 1 aromatic rings. The zero-order chi connectivity index (χ0) is 13.8. The molecule has 0 amide bonds. The third kappa shape index (κ3) is 3.80. The van der Waals surface area contributed by atoms with Crippen molar-refractivity contribution in [3.8, 4) is 0 Å². The monoisotopic (exact) mass is 264 g/mol. The van der Waals surface area contributed by atoms with Gasteiger partial charge in [0.15, 0.2) is 0 Å². The predicted molar refractivity (Wildman–Crippen MR) is 79.2 cm³/mol. The quantitative estimate of drug-likeness (QED) is 0.853. The van der Waals surface area contributed by atoms with Crippen LogP contribution in [0.25, 0.3) is 0 Å². The molecule has 2 heterocycles. The minimum Gasteiger partial charge on any atom is -0.312 e. The highest BCUT2D eigenvalue weighted by Gasteiger charge is 2.20. The highest BCUT2D eigenvalue weighted by Crippen LogP contribution is 2.18. The van der Waals surface area contributed by atoms with Gasteiger partial charge in [0.1, 0.15) is 0 Å². The first kappa shape index (κ1) is 14.5. The van der Waals surface area contributed by atoms with E-state index in [9.17, 15) is 0 Å². The van der Waals surface area contributed by atoms with Crippen LogP contribution in [0.2, 0.25) is 0 Å². The van der Waals surface area contributed by atoms with Gasteiger partial charge < -0.3 is 10.2 Å². The number of nitrogens with one attached hydrogen (secondary N) is 1. The maximum atomic E-state index is 4.55. The van der Waals surface area contributed by atoms with Gasteiger partial charge in [-0.2, -0.15) is 5.10 Å². The summed E-state index contributed by atoms with van der Waals surface area (Å²) < 4.78 is 1.93. The Hall–Kier alpha value is -0.870. The van der Waals surface area contributed by atoms with Crippen LogP contribution in [0, 0.1) is 5.92 Å². The maximum Gasteiger partial charge on any atom is 0.0694 e. The highest BCUT2D eigenvalue weighted by atomic mass is 15.3. The third-order valence-electron chi connectivity index (χ3n) is 4.05. The van der Waals surface area contributed by atoms with Crippen molar-refractivity contribution >= 4 is 0 Å². The standard InChI is InChI=1S/C15H28N4/c1-5-19-7-6-13(10-19)8-16-9-14-11-18(4)17-15(14)12(2)3/h11-13,16H,5-10H2,1-4H3. The second-order valence-corrected chi connectivity index (χ2v) is 6.05. The molecule has 0 saturated carbocycles. The van der Waals surface area contributed by atoms with E-state index in [-0.39, 0.29) is 0 Å². The van der Waals surface area contributed by atoms with Gasteiger partial charge in [0.05, 0.1) is 5.69 Å². The summed E-state index contributed by atoms with van der Waals surface area (Å²) in [6.45, 7) is 12.5. The van der Waals surface area contributed by atoms with E-state index in [1.54, 1.807) is 0 Å². The number of aromatic nitrogens is 2. The number of hydrogen-bond donors (Lipinski definition) is 1. The molecule has 108 valence electrons. The zero-order valence-electron chi connectivity index (χ0n) is 12.8. The van der Waals surface area contributed by atoms with Crippen molar-refractivity contribution in [2.75, 3.05) is 26.2 Å². The van der Waals surface area contributed by atoms with E-state index in [2.05, 4.69) is 42.3 Å². The van der Waals surface area contributed by atoms with Gasteiger partial charge in [-0.05, 0) is 37.9 Å². The molecular weight excluding hydrogens is 236 g/mol. The van der Waals surface area contributed by atoms with Crippen LogP contribution in [-0.4, -0.2) is 40.9 Å². The number of likely N-dealkylation sites (tertiary alicyclic amines) is 1. The van der Waals surface area contributed by atoms with Crippen molar-refractivity contribution in [1.29, 1.82) is 0 Å². The van der Waals surface area contributed by atoms with Gasteiger partial charge in [-0.25, -0.2) is 0 Å². The van der Waals surface area contributed by atoms with Crippen LogP contribution in [0.15, 0.2) is 6.20 Å². The summed E-state index contributed by atoms with van der Waals surface area (Å²) in [5.74, 6) is 1.32. The van der Waals surface area contributed by atoms with Gasteiger partial charge in [-0.1, -0.05) is 20.8 Å². The van der Waals surface area contributed by atoms with E-state index in [1.165, 1.54) is 37.3 Å². The Morgan fingerprint density at radius 3 is 2.89 bits per heavy atom. The van der Waals surface area contributed by atoms with Gasteiger partial charge >= 0.3 is 0 Å². The average Bonchev–Trinajstić information content (AvgIpc) is 2.96. The molecular formula is C15H28N4. The molecule has 4 heteroatoms. The molecule has 1 atom stereocenters. The van der Waals surface area contributed by atoms with Gasteiger partial charge in [0.2, 0.25) is 0 Å². The summed E-state index contributed by atoms with van der Waals surface area (Å²) in [6.07, 6.45) is 3.49.